The van der Waals surface area contributed by atoms with Gasteiger partial charge in [0.25, 0.3) is 0 Å². The average Bonchev–Trinajstić information content (AvgIpc) is 2.16. The number of amidine groups is 1. The summed E-state index contributed by atoms with van der Waals surface area (Å²) in [7, 11) is 0. The topological polar surface area (TPSA) is 98.0 Å². The van der Waals surface area contributed by atoms with E-state index >= 15 is 0 Å². The van der Waals surface area contributed by atoms with Crippen LogP contribution in [0.2, 0.25) is 0 Å². The van der Waals surface area contributed by atoms with E-state index in [1.54, 1.807) is 19.1 Å². The van der Waals surface area contributed by atoms with Crippen LogP contribution in [-0.4, -0.2) is 11.5 Å². The number of aryl methyl sites for hydroxylation is 1. The van der Waals surface area contributed by atoms with Gasteiger partial charge in [-0.2, -0.15) is 10.4 Å². The van der Waals surface area contributed by atoms with Crippen molar-refractivity contribution in [2.24, 2.45) is 10.8 Å². The number of nitrogens with two attached hydrogens (primary N) is 1. The SMILES string of the molecule is Cc1cc(F)cc(N/N=C(\C#N)C(=N)N)c1. The molecule has 0 aromatic heterocycles. The number of nitriles is 1. The molecular weight excluding hydrogens is 209 g/mol. The van der Waals surface area contributed by atoms with Crippen molar-refractivity contribution in [3.63, 3.8) is 0 Å². The zero-order chi connectivity index (χ0) is 12.1. The Balaban J connectivity index is 2.90. The summed E-state index contributed by atoms with van der Waals surface area (Å²) in [5.41, 5.74) is 8.42. The number of anilines is 1. The Morgan fingerprint density at radius 3 is 2.75 bits per heavy atom. The lowest BCUT2D eigenvalue weighted by Crippen LogP contribution is -2.21. The van der Waals surface area contributed by atoms with Gasteiger partial charge in [-0.3, -0.25) is 10.8 Å². The highest BCUT2D eigenvalue weighted by atomic mass is 19.1. The first-order chi connectivity index (χ1) is 7.52. The second-order valence-electron chi connectivity index (χ2n) is 3.11. The predicted octanol–water partition coefficient (Wildman–Crippen LogP) is 1.36. The molecule has 0 fully saturated rings. The van der Waals surface area contributed by atoms with Crippen molar-refractivity contribution in [1.29, 1.82) is 10.7 Å². The minimum atomic E-state index is -0.442. The van der Waals surface area contributed by atoms with Crippen LogP contribution >= 0.6 is 0 Å². The molecule has 1 aromatic rings. The van der Waals surface area contributed by atoms with E-state index in [4.69, 9.17) is 16.4 Å². The molecule has 0 amide bonds. The molecule has 16 heavy (non-hydrogen) atoms. The van der Waals surface area contributed by atoms with Crippen LogP contribution in [0.15, 0.2) is 23.3 Å². The minimum absolute atomic E-state index is 0.248. The highest BCUT2D eigenvalue weighted by Gasteiger charge is 2.01. The van der Waals surface area contributed by atoms with Gasteiger partial charge in [0.2, 0.25) is 5.71 Å². The summed E-state index contributed by atoms with van der Waals surface area (Å²) in [4.78, 5) is 0. The molecule has 0 spiro atoms. The molecule has 1 aromatic carbocycles. The maximum Gasteiger partial charge on any atom is 0.201 e. The Labute approximate surface area is 91.9 Å². The van der Waals surface area contributed by atoms with Crippen molar-refractivity contribution in [1.82, 2.24) is 0 Å². The van der Waals surface area contributed by atoms with Gasteiger partial charge in [0, 0.05) is 0 Å². The maximum atomic E-state index is 13.0. The Kier molecular flexibility index (Phi) is 3.56. The smallest absolute Gasteiger partial charge is 0.201 e. The Morgan fingerprint density at radius 2 is 2.25 bits per heavy atom. The van der Waals surface area contributed by atoms with Crippen LogP contribution in [0.3, 0.4) is 0 Å². The molecule has 4 N–H and O–H groups in total. The van der Waals surface area contributed by atoms with E-state index in [1.807, 2.05) is 0 Å². The largest absolute Gasteiger partial charge is 0.382 e. The fourth-order valence-corrected chi connectivity index (χ4v) is 1.07. The highest BCUT2D eigenvalue weighted by molar-refractivity contribution is 6.45. The quantitative estimate of drug-likeness (QED) is 0.406. The van der Waals surface area contributed by atoms with Crippen LogP contribution in [0.4, 0.5) is 10.1 Å². The van der Waals surface area contributed by atoms with E-state index in [2.05, 4.69) is 10.5 Å². The first kappa shape index (κ1) is 11.7. The number of nitrogens with zero attached hydrogens (tertiary/aromatic N) is 2. The molecule has 0 saturated heterocycles. The van der Waals surface area contributed by atoms with Gasteiger partial charge in [0.05, 0.1) is 5.69 Å². The lowest BCUT2D eigenvalue weighted by Gasteiger charge is -2.02. The predicted molar refractivity (Wildman–Crippen MR) is 59.7 cm³/mol. The van der Waals surface area contributed by atoms with Crippen LogP contribution in [0, 0.1) is 29.5 Å². The molecule has 0 heterocycles. The molecule has 0 saturated carbocycles. The number of nitrogens with one attached hydrogen (secondary N) is 2. The average molecular weight is 219 g/mol. The lowest BCUT2D eigenvalue weighted by atomic mass is 10.2. The van der Waals surface area contributed by atoms with Crippen molar-refractivity contribution in [2.45, 2.75) is 6.92 Å². The Hall–Kier alpha value is -2.42. The fourth-order valence-electron chi connectivity index (χ4n) is 1.07. The summed E-state index contributed by atoms with van der Waals surface area (Å²) >= 11 is 0. The van der Waals surface area contributed by atoms with Crippen LogP contribution in [0.25, 0.3) is 0 Å². The van der Waals surface area contributed by atoms with Crippen LogP contribution in [0.1, 0.15) is 5.56 Å². The fraction of sp³-hybridized carbons (Fsp3) is 0.100. The van der Waals surface area contributed by atoms with Gasteiger partial charge in [-0.05, 0) is 30.7 Å². The summed E-state index contributed by atoms with van der Waals surface area (Å²) in [5.74, 6) is -0.845. The van der Waals surface area contributed by atoms with E-state index in [0.717, 1.165) is 5.56 Å². The van der Waals surface area contributed by atoms with Crippen molar-refractivity contribution in [3.05, 3.63) is 29.6 Å². The molecule has 0 aliphatic rings. The van der Waals surface area contributed by atoms with Gasteiger partial charge in [0.1, 0.15) is 11.9 Å². The first-order valence-electron chi connectivity index (χ1n) is 4.38. The van der Waals surface area contributed by atoms with Crippen LogP contribution in [-0.2, 0) is 0 Å². The van der Waals surface area contributed by atoms with Crippen LogP contribution in [0.5, 0.6) is 0 Å². The molecule has 1 rings (SSSR count). The zero-order valence-electron chi connectivity index (χ0n) is 8.58. The molecule has 6 heteroatoms. The van der Waals surface area contributed by atoms with Gasteiger partial charge < -0.3 is 5.73 Å². The van der Waals surface area contributed by atoms with Gasteiger partial charge in [-0.1, -0.05) is 0 Å². The van der Waals surface area contributed by atoms with Gasteiger partial charge in [0.15, 0.2) is 5.84 Å². The van der Waals surface area contributed by atoms with Crippen LogP contribution < -0.4 is 11.2 Å². The third kappa shape index (κ3) is 3.06. The summed E-state index contributed by atoms with van der Waals surface area (Å²) in [6, 6.07) is 5.89. The Bertz CT molecular complexity index is 466. The molecule has 82 valence electrons. The van der Waals surface area contributed by atoms with E-state index in [9.17, 15) is 4.39 Å². The third-order valence-corrected chi connectivity index (χ3v) is 1.70. The van der Waals surface area contributed by atoms with Gasteiger partial charge >= 0.3 is 0 Å². The second kappa shape index (κ2) is 4.89. The molecule has 0 bridgehead atoms. The van der Waals surface area contributed by atoms with E-state index in [1.165, 1.54) is 12.1 Å². The lowest BCUT2D eigenvalue weighted by molar-refractivity contribution is 0.627. The number of hydrazone groups is 1. The standard InChI is InChI=1S/C10H10FN5/c1-6-2-7(11)4-8(3-6)15-16-9(5-12)10(13)14/h2-4,15H,1H3,(H3,13,14)/b16-9+. The highest BCUT2D eigenvalue weighted by Crippen LogP contribution is 2.12. The molecule has 0 aliphatic carbocycles. The molecule has 0 radical (unpaired) electrons. The number of hydrogen-bond acceptors (Lipinski definition) is 4. The molecular formula is C10H10FN5. The minimum Gasteiger partial charge on any atom is -0.382 e. The summed E-state index contributed by atoms with van der Waals surface area (Å²) in [5, 5.41) is 19.2. The normalized spacial score (nSPS) is 10.7. The molecule has 5 nitrogen and oxygen atoms in total. The number of halogens is 1. The first-order valence-corrected chi connectivity index (χ1v) is 4.38. The second-order valence-corrected chi connectivity index (χ2v) is 3.11. The summed E-state index contributed by atoms with van der Waals surface area (Å²) in [6.45, 7) is 1.73. The van der Waals surface area contributed by atoms with E-state index in [-0.39, 0.29) is 5.71 Å². The number of hydrogen-bond donors (Lipinski definition) is 3. The van der Waals surface area contributed by atoms with E-state index in [0.29, 0.717) is 5.69 Å². The van der Waals surface area contributed by atoms with Crippen molar-refractivity contribution < 1.29 is 4.39 Å². The van der Waals surface area contributed by atoms with E-state index < -0.39 is 11.7 Å². The summed E-state index contributed by atoms with van der Waals surface area (Å²) in [6.07, 6.45) is 0. The monoisotopic (exact) mass is 219 g/mol. The number of benzene rings is 1. The third-order valence-electron chi connectivity index (χ3n) is 1.70. The van der Waals surface area contributed by atoms with Gasteiger partial charge in [-0.15, -0.1) is 0 Å². The van der Waals surface area contributed by atoms with Crippen molar-refractivity contribution in [3.8, 4) is 6.07 Å². The van der Waals surface area contributed by atoms with Gasteiger partial charge in [-0.25, -0.2) is 4.39 Å². The molecule has 0 atom stereocenters. The van der Waals surface area contributed by atoms with Crippen molar-refractivity contribution >= 4 is 17.2 Å². The van der Waals surface area contributed by atoms with Crippen molar-refractivity contribution in [2.75, 3.05) is 5.43 Å². The maximum absolute atomic E-state index is 13.0. The molecule has 0 aliphatic heterocycles. The zero-order valence-corrected chi connectivity index (χ0v) is 8.58. The Morgan fingerprint density at radius 1 is 1.56 bits per heavy atom. The molecule has 0 unspecified atom stereocenters. The summed E-state index contributed by atoms with van der Waals surface area (Å²) < 4.78 is 13.0. The number of rotatable bonds is 3.